The van der Waals surface area contributed by atoms with Gasteiger partial charge in [0.05, 0.1) is 17.8 Å². The fraction of sp³-hybridized carbons (Fsp3) is 0.167. The third-order valence-electron chi connectivity index (χ3n) is 2.62. The van der Waals surface area contributed by atoms with Crippen LogP contribution in [0.2, 0.25) is 0 Å². The number of hydrogen-bond donors (Lipinski definition) is 4. The number of carboxylic acids is 1. The van der Waals surface area contributed by atoms with Crippen LogP contribution in [0.1, 0.15) is 21.7 Å². The normalized spacial score (nSPS) is 10.1. The number of aromatic amines is 1. The molecule has 0 unspecified atom stereocenters. The van der Waals surface area contributed by atoms with Crippen molar-refractivity contribution in [3.8, 4) is 0 Å². The van der Waals surface area contributed by atoms with Gasteiger partial charge in [-0.1, -0.05) is 12.1 Å². The third kappa shape index (κ3) is 3.10. The maximum absolute atomic E-state index is 11.7. The fourth-order valence-corrected chi connectivity index (χ4v) is 1.70. The minimum absolute atomic E-state index is 0.0716. The van der Waals surface area contributed by atoms with Gasteiger partial charge in [0.25, 0.3) is 0 Å². The molecule has 1 heterocycles. The Morgan fingerprint density at radius 2 is 2.20 bits per heavy atom. The molecule has 2 amide bonds. The predicted molar refractivity (Wildman–Crippen MR) is 70.4 cm³/mol. The summed E-state index contributed by atoms with van der Waals surface area (Å²) in [4.78, 5) is 26.7. The highest BCUT2D eigenvalue weighted by Crippen LogP contribution is 2.19. The minimum Gasteiger partial charge on any atom is -0.478 e. The zero-order chi connectivity index (χ0) is 14.5. The van der Waals surface area contributed by atoms with Crippen LogP contribution in [0.25, 0.3) is 0 Å². The van der Waals surface area contributed by atoms with Gasteiger partial charge < -0.3 is 15.7 Å². The molecule has 1 aromatic heterocycles. The van der Waals surface area contributed by atoms with E-state index in [1.165, 1.54) is 12.4 Å². The molecule has 0 atom stereocenters. The lowest BCUT2D eigenvalue weighted by molar-refractivity contribution is 0.0697. The number of amides is 2. The standard InChI is InChI=1S/C12H13N5O3/c1-7-3-2-4-8(10(7)11(18)19)16-12(20)13-5-9-14-6-15-17-9/h2-4,6H,5H2,1H3,(H,18,19)(H2,13,16,20)(H,14,15,17). The number of nitrogens with one attached hydrogen (secondary N) is 3. The van der Waals surface area contributed by atoms with Crippen LogP contribution in [0.15, 0.2) is 24.5 Å². The van der Waals surface area contributed by atoms with E-state index < -0.39 is 12.0 Å². The Labute approximate surface area is 114 Å². The smallest absolute Gasteiger partial charge is 0.338 e. The Hall–Kier alpha value is -2.90. The van der Waals surface area contributed by atoms with Crippen LogP contribution in [0, 0.1) is 6.92 Å². The molecule has 8 heteroatoms. The first-order valence-corrected chi connectivity index (χ1v) is 5.80. The van der Waals surface area contributed by atoms with Gasteiger partial charge in [-0.15, -0.1) is 0 Å². The summed E-state index contributed by atoms with van der Waals surface area (Å²) in [5.41, 5.74) is 0.889. The number of aryl methyl sites for hydroxylation is 1. The van der Waals surface area contributed by atoms with Crippen molar-refractivity contribution in [3.63, 3.8) is 0 Å². The molecule has 20 heavy (non-hydrogen) atoms. The van der Waals surface area contributed by atoms with Gasteiger partial charge in [0, 0.05) is 0 Å². The molecule has 0 aliphatic carbocycles. The van der Waals surface area contributed by atoms with E-state index in [-0.39, 0.29) is 17.8 Å². The van der Waals surface area contributed by atoms with Crippen molar-refractivity contribution in [2.24, 2.45) is 0 Å². The number of carbonyl (C=O) groups is 2. The fourth-order valence-electron chi connectivity index (χ4n) is 1.70. The number of nitrogens with zero attached hydrogens (tertiary/aromatic N) is 2. The van der Waals surface area contributed by atoms with Crippen molar-refractivity contribution in [1.82, 2.24) is 20.5 Å². The average Bonchev–Trinajstić information content (AvgIpc) is 2.89. The number of urea groups is 1. The molecule has 0 saturated heterocycles. The molecule has 0 bridgehead atoms. The lowest BCUT2D eigenvalue weighted by atomic mass is 10.1. The van der Waals surface area contributed by atoms with Gasteiger partial charge in [0.1, 0.15) is 12.2 Å². The van der Waals surface area contributed by atoms with Gasteiger partial charge in [-0.05, 0) is 18.6 Å². The number of aromatic carboxylic acids is 1. The van der Waals surface area contributed by atoms with Crippen molar-refractivity contribution < 1.29 is 14.7 Å². The maximum Gasteiger partial charge on any atom is 0.338 e. The number of H-pyrrole nitrogens is 1. The summed E-state index contributed by atoms with van der Waals surface area (Å²) in [6, 6.07) is 4.36. The van der Waals surface area contributed by atoms with Crippen LogP contribution >= 0.6 is 0 Å². The number of rotatable bonds is 4. The van der Waals surface area contributed by atoms with Crippen LogP contribution in [0.5, 0.6) is 0 Å². The van der Waals surface area contributed by atoms with E-state index >= 15 is 0 Å². The molecule has 2 rings (SSSR count). The summed E-state index contributed by atoms with van der Waals surface area (Å²) in [6.45, 7) is 1.83. The molecule has 0 fully saturated rings. The first-order chi connectivity index (χ1) is 9.58. The van der Waals surface area contributed by atoms with Crippen molar-refractivity contribution in [3.05, 3.63) is 41.5 Å². The molecule has 0 aliphatic rings. The summed E-state index contributed by atoms with van der Waals surface area (Å²) < 4.78 is 0. The van der Waals surface area contributed by atoms with Crippen molar-refractivity contribution in [2.45, 2.75) is 13.5 Å². The second-order valence-corrected chi connectivity index (χ2v) is 4.04. The van der Waals surface area contributed by atoms with Gasteiger partial charge in [-0.3, -0.25) is 5.10 Å². The van der Waals surface area contributed by atoms with Crippen LogP contribution < -0.4 is 10.6 Å². The number of carbonyl (C=O) groups excluding carboxylic acids is 1. The molecule has 8 nitrogen and oxygen atoms in total. The predicted octanol–water partition coefficient (Wildman–Crippen LogP) is 1.13. The molecule has 0 aliphatic heterocycles. The van der Waals surface area contributed by atoms with E-state index in [2.05, 4.69) is 25.8 Å². The molecule has 2 aromatic rings. The summed E-state index contributed by atoms with van der Waals surface area (Å²) >= 11 is 0. The quantitative estimate of drug-likeness (QED) is 0.666. The van der Waals surface area contributed by atoms with Crippen molar-refractivity contribution in [1.29, 1.82) is 0 Å². The molecule has 0 saturated carbocycles. The SMILES string of the molecule is Cc1cccc(NC(=O)NCc2ncn[nH]2)c1C(=O)O. The first-order valence-electron chi connectivity index (χ1n) is 5.80. The second kappa shape index (κ2) is 5.83. The maximum atomic E-state index is 11.7. The zero-order valence-electron chi connectivity index (χ0n) is 10.7. The monoisotopic (exact) mass is 275 g/mol. The largest absolute Gasteiger partial charge is 0.478 e. The topological polar surface area (TPSA) is 120 Å². The highest BCUT2D eigenvalue weighted by molar-refractivity contribution is 6.01. The minimum atomic E-state index is -1.09. The Kier molecular flexibility index (Phi) is 3.94. The van der Waals surface area contributed by atoms with Crippen LogP contribution in [-0.2, 0) is 6.54 Å². The van der Waals surface area contributed by atoms with Crippen LogP contribution in [-0.4, -0.2) is 32.3 Å². The summed E-state index contributed by atoms with van der Waals surface area (Å²) in [6.07, 6.45) is 1.33. The second-order valence-electron chi connectivity index (χ2n) is 4.04. The average molecular weight is 275 g/mol. The highest BCUT2D eigenvalue weighted by atomic mass is 16.4. The number of carboxylic acid groups (broad SMARTS) is 1. The van der Waals surface area contributed by atoms with E-state index in [0.29, 0.717) is 11.4 Å². The number of hydrogen-bond acceptors (Lipinski definition) is 4. The summed E-state index contributed by atoms with van der Waals surface area (Å²) in [7, 11) is 0. The Bertz CT molecular complexity index is 624. The highest BCUT2D eigenvalue weighted by Gasteiger charge is 2.14. The molecule has 0 spiro atoms. The van der Waals surface area contributed by atoms with E-state index in [4.69, 9.17) is 5.11 Å². The van der Waals surface area contributed by atoms with E-state index in [0.717, 1.165) is 0 Å². The molecular formula is C12H13N5O3. The van der Waals surface area contributed by atoms with E-state index in [9.17, 15) is 9.59 Å². The lowest BCUT2D eigenvalue weighted by Crippen LogP contribution is -2.29. The Morgan fingerprint density at radius 3 is 2.85 bits per heavy atom. The molecular weight excluding hydrogens is 262 g/mol. The Morgan fingerprint density at radius 1 is 1.40 bits per heavy atom. The number of benzene rings is 1. The summed E-state index contributed by atoms with van der Waals surface area (Å²) in [5.74, 6) is -0.587. The van der Waals surface area contributed by atoms with E-state index in [1.54, 1.807) is 19.1 Å². The summed E-state index contributed by atoms with van der Waals surface area (Å²) in [5, 5.41) is 20.4. The van der Waals surface area contributed by atoms with Gasteiger partial charge in [0.2, 0.25) is 0 Å². The molecule has 0 radical (unpaired) electrons. The zero-order valence-corrected chi connectivity index (χ0v) is 10.7. The lowest BCUT2D eigenvalue weighted by Gasteiger charge is -2.10. The molecule has 104 valence electrons. The van der Waals surface area contributed by atoms with Gasteiger partial charge in [-0.2, -0.15) is 5.10 Å². The Balaban J connectivity index is 2.04. The third-order valence-corrected chi connectivity index (χ3v) is 2.62. The van der Waals surface area contributed by atoms with E-state index in [1.807, 2.05) is 0 Å². The molecule has 4 N–H and O–H groups in total. The van der Waals surface area contributed by atoms with Crippen molar-refractivity contribution in [2.75, 3.05) is 5.32 Å². The van der Waals surface area contributed by atoms with Gasteiger partial charge in [0.15, 0.2) is 0 Å². The van der Waals surface area contributed by atoms with Crippen molar-refractivity contribution >= 4 is 17.7 Å². The molecule has 1 aromatic carbocycles. The number of anilines is 1. The van der Waals surface area contributed by atoms with Gasteiger partial charge >= 0.3 is 12.0 Å². The van der Waals surface area contributed by atoms with Gasteiger partial charge in [-0.25, -0.2) is 14.6 Å². The number of aromatic nitrogens is 3. The van der Waals surface area contributed by atoms with Crippen LogP contribution in [0.4, 0.5) is 10.5 Å². The first kappa shape index (κ1) is 13.5. The van der Waals surface area contributed by atoms with Crippen LogP contribution in [0.3, 0.4) is 0 Å².